The number of nitrogens with zero attached hydrogens (tertiary/aromatic N) is 5. The summed E-state index contributed by atoms with van der Waals surface area (Å²) in [6.45, 7) is 4.41. The van der Waals surface area contributed by atoms with Gasteiger partial charge in [-0.2, -0.15) is 15.8 Å². The van der Waals surface area contributed by atoms with Crippen LogP contribution in [0, 0.1) is 47.8 Å². The number of hydrogen-bond acceptors (Lipinski definition) is 5. The molecule has 0 saturated heterocycles. The lowest BCUT2D eigenvalue weighted by Gasteiger charge is -2.07. The van der Waals surface area contributed by atoms with E-state index in [-0.39, 0.29) is 0 Å². The Morgan fingerprint density at radius 1 is 1.00 bits per heavy atom. The van der Waals surface area contributed by atoms with Gasteiger partial charge < -0.3 is 4.57 Å². The summed E-state index contributed by atoms with van der Waals surface area (Å²) in [5, 5.41) is 30.1. The summed E-state index contributed by atoms with van der Waals surface area (Å²) in [6, 6.07) is 13.7. The maximum Gasteiger partial charge on any atom is 0.151 e. The molecule has 0 saturated carbocycles. The third-order valence-electron chi connectivity index (χ3n) is 4.16. The molecule has 5 nitrogen and oxygen atoms in total. The van der Waals surface area contributed by atoms with Crippen molar-refractivity contribution >= 4 is 11.3 Å². The lowest BCUT2D eigenvalue weighted by Crippen LogP contribution is -2.04. The standard InChI is InChI=1S/C19H13N5S/c1-12-17(9-22)19(15-5-3-14(7-20)4-6-15)13(2)24(12)10-18-23-16(8-21)11-25-18/h3-6,11H,10H2,1-2H3. The quantitative estimate of drug-likeness (QED) is 0.721. The third kappa shape index (κ3) is 2.90. The highest BCUT2D eigenvalue weighted by Crippen LogP contribution is 2.32. The molecule has 25 heavy (non-hydrogen) atoms. The lowest BCUT2D eigenvalue weighted by molar-refractivity contribution is 0.743. The molecule has 0 aliphatic rings. The first-order chi connectivity index (χ1) is 12.1. The molecule has 2 heterocycles. The van der Waals surface area contributed by atoms with Crippen molar-refractivity contribution in [2.75, 3.05) is 0 Å². The van der Waals surface area contributed by atoms with Crippen molar-refractivity contribution in [3.63, 3.8) is 0 Å². The minimum absolute atomic E-state index is 0.412. The molecule has 2 aromatic heterocycles. The average Bonchev–Trinajstić information content (AvgIpc) is 3.19. The Morgan fingerprint density at radius 2 is 1.72 bits per heavy atom. The fraction of sp³-hybridized carbons (Fsp3) is 0.158. The maximum atomic E-state index is 9.64. The van der Waals surface area contributed by atoms with E-state index in [0.29, 0.717) is 23.4 Å². The summed E-state index contributed by atoms with van der Waals surface area (Å²) in [4.78, 5) is 4.28. The van der Waals surface area contributed by atoms with Crippen molar-refractivity contribution < 1.29 is 0 Å². The summed E-state index contributed by atoms with van der Waals surface area (Å²) >= 11 is 1.44. The molecule has 0 N–H and O–H groups in total. The lowest BCUT2D eigenvalue weighted by atomic mass is 10.0. The van der Waals surface area contributed by atoms with Gasteiger partial charge in [0.2, 0.25) is 0 Å². The van der Waals surface area contributed by atoms with Crippen molar-refractivity contribution in [3.8, 4) is 29.3 Å². The molecule has 0 aliphatic carbocycles. The van der Waals surface area contributed by atoms with Crippen LogP contribution in [0.4, 0.5) is 0 Å². The molecule has 3 rings (SSSR count). The summed E-state index contributed by atoms with van der Waals surface area (Å²) in [5.74, 6) is 0. The van der Waals surface area contributed by atoms with Gasteiger partial charge in [-0.3, -0.25) is 0 Å². The molecule has 6 heteroatoms. The predicted molar refractivity (Wildman–Crippen MR) is 94.7 cm³/mol. The Labute approximate surface area is 149 Å². The second kappa shape index (κ2) is 6.61. The van der Waals surface area contributed by atoms with E-state index < -0.39 is 0 Å². The minimum Gasteiger partial charge on any atom is -0.340 e. The van der Waals surface area contributed by atoms with E-state index in [4.69, 9.17) is 10.5 Å². The van der Waals surface area contributed by atoms with Gasteiger partial charge in [-0.25, -0.2) is 4.98 Å². The molecule has 0 spiro atoms. The van der Waals surface area contributed by atoms with E-state index in [1.165, 1.54) is 11.3 Å². The number of aromatic nitrogens is 2. The number of thiazole rings is 1. The highest BCUT2D eigenvalue weighted by Gasteiger charge is 2.19. The van der Waals surface area contributed by atoms with Gasteiger partial charge >= 0.3 is 0 Å². The van der Waals surface area contributed by atoms with E-state index >= 15 is 0 Å². The molecule has 120 valence electrons. The highest BCUT2D eigenvalue weighted by molar-refractivity contribution is 7.09. The molecule has 0 aliphatic heterocycles. The van der Waals surface area contributed by atoms with Crippen LogP contribution in [-0.4, -0.2) is 9.55 Å². The monoisotopic (exact) mass is 343 g/mol. The fourth-order valence-electron chi connectivity index (χ4n) is 2.89. The van der Waals surface area contributed by atoms with Crippen LogP contribution in [0.2, 0.25) is 0 Å². The smallest absolute Gasteiger partial charge is 0.151 e. The first-order valence-corrected chi connectivity index (χ1v) is 8.41. The summed E-state index contributed by atoms with van der Waals surface area (Å²) in [6.07, 6.45) is 0. The molecule has 0 bridgehead atoms. The zero-order valence-electron chi connectivity index (χ0n) is 13.7. The summed E-state index contributed by atoms with van der Waals surface area (Å²) in [5.41, 5.74) is 5.24. The van der Waals surface area contributed by atoms with Crippen molar-refractivity contribution in [2.24, 2.45) is 0 Å². The van der Waals surface area contributed by atoms with Gasteiger partial charge in [-0.05, 0) is 31.5 Å². The normalized spacial score (nSPS) is 10.0. The summed E-state index contributed by atoms with van der Waals surface area (Å²) < 4.78 is 2.05. The molecule has 1 aromatic carbocycles. The Morgan fingerprint density at radius 3 is 2.28 bits per heavy atom. The van der Waals surface area contributed by atoms with Crippen LogP contribution in [0.1, 0.15) is 33.2 Å². The van der Waals surface area contributed by atoms with Gasteiger partial charge in [-0.15, -0.1) is 11.3 Å². The Hall–Kier alpha value is -3.40. The predicted octanol–water partition coefficient (Wildman–Crippen LogP) is 3.89. The number of benzene rings is 1. The van der Waals surface area contributed by atoms with Crippen LogP contribution >= 0.6 is 11.3 Å². The van der Waals surface area contributed by atoms with Gasteiger partial charge in [-0.1, -0.05) is 12.1 Å². The van der Waals surface area contributed by atoms with Crippen molar-refractivity contribution in [1.82, 2.24) is 9.55 Å². The molecular weight excluding hydrogens is 330 g/mol. The van der Waals surface area contributed by atoms with Gasteiger partial charge in [0.1, 0.15) is 17.1 Å². The zero-order chi connectivity index (χ0) is 18.0. The zero-order valence-corrected chi connectivity index (χ0v) is 14.6. The van der Waals surface area contributed by atoms with Crippen LogP contribution in [-0.2, 0) is 6.54 Å². The number of hydrogen-bond donors (Lipinski definition) is 0. The molecule has 3 aromatic rings. The molecule has 0 fully saturated rings. The second-order valence-corrected chi connectivity index (χ2v) is 6.49. The van der Waals surface area contributed by atoms with Gasteiger partial charge in [0.15, 0.2) is 5.69 Å². The third-order valence-corrected chi connectivity index (χ3v) is 4.99. The topological polar surface area (TPSA) is 89.2 Å². The molecule has 0 unspecified atom stereocenters. The molecule has 0 radical (unpaired) electrons. The van der Waals surface area contributed by atoms with Crippen LogP contribution in [0.5, 0.6) is 0 Å². The van der Waals surface area contributed by atoms with Crippen molar-refractivity contribution in [2.45, 2.75) is 20.4 Å². The summed E-state index contributed by atoms with van der Waals surface area (Å²) in [7, 11) is 0. The van der Waals surface area contributed by atoms with Crippen LogP contribution in [0.15, 0.2) is 29.6 Å². The largest absolute Gasteiger partial charge is 0.340 e. The van der Waals surface area contributed by atoms with E-state index in [2.05, 4.69) is 17.1 Å². The molecule has 0 amide bonds. The van der Waals surface area contributed by atoms with E-state index in [1.54, 1.807) is 17.5 Å². The number of rotatable bonds is 3. The van der Waals surface area contributed by atoms with Gasteiger partial charge in [0, 0.05) is 22.3 Å². The Kier molecular flexibility index (Phi) is 4.35. The van der Waals surface area contributed by atoms with E-state index in [1.807, 2.05) is 36.6 Å². The fourth-order valence-corrected chi connectivity index (χ4v) is 3.60. The average molecular weight is 343 g/mol. The van der Waals surface area contributed by atoms with Crippen LogP contribution in [0.25, 0.3) is 11.1 Å². The van der Waals surface area contributed by atoms with Gasteiger partial charge in [0.25, 0.3) is 0 Å². The van der Waals surface area contributed by atoms with Crippen molar-refractivity contribution in [3.05, 3.63) is 62.9 Å². The first-order valence-electron chi connectivity index (χ1n) is 7.53. The van der Waals surface area contributed by atoms with Crippen LogP contribution < -0.4 is 0 Å². The SMILES string of the molecule is Cc1c(C#N)c(-c2ccc(C#N)cc2)c(C)n1Cc1nc(C#N)cs1. The van der Waals surface area contributed by atoms with Crippen LogP contribution in [0.3, 0.4) is 0 Å². The van der Waals surface area contributed by atoms with E-state index in [9.17, 15) is 5.26 Å². The Balaban J connectivity index is 2.09. The highest BCUT2D eigenvalue weighted by atomic mass is 32.1. The Bertz CT molecular complexity index is 1070. The molecular formula is C19H13N5S. The van der Waals surface area contributed by atoms with Crippen molar-refractivity contribution in [1.29, 1.82) is 15.8 Å². The number of nitriles is 3. The van der Waals surface area contributed by atoms with Gasteiger partial charge in [0.05, 0.1) is 23.7 Å². The van der Waals surface area contributed by atoms with E-state index in [0.717, 1.165) is 27.5 Å². The maximum absolute atomic E-state index is 9.64. The minimum atomic E-state index is 0.412. The first kappa shape index (κ1) is 16.5. The second-order valence-electron chi connectivity index (χ2n) is 5.55. The molecule has 0 atom stereocenters.